The fourth-order valence-electron chi connectivity index (χ4n) is 4.74. The van der Waals surface area contributed by atoms with Gasteiger partial charge in [-0.15, -0.1) is 11.3 Å². The normalized spacial score (nSPS) is 23.3. The lowest BCUT2D eigenvalue weighted by molar-refractivity contribution is -0.121. The van der Waals surface area contributed by atoms with E-state index >= 15 is 0 Å². The van der Waals surface area contributed by atoms with Crippen molar-refractivity contribution in [3.8, 4) is 11.3 Å². The summed E-state index contributed by atoms with van der Waals surface area (Å²) in [4.78, 5) is 32.3. The van der Waals surface area contributed by atoms with E-state index < -0.39 is 0 Å². The van der Waals surface area contributed by atoms with Crippen LogP contribution >= 0.6 is 11.3 Å². The second kappa shape index (κ2) is 8.47. The van der Waals surface area contributed by atoms with Crippen molar-refractivity contribution in [2.75, 3.05) is 17.3 Å². The number of benzene rings is 1. The molecule has 1 aliphatic carbocycles. The van der Waals surface area contributed by atoms with Crippen LogP contribution in [0.25, 0.3) is 11.3 Å². The van der Waals surface area contributed by atoms with Gasteiger partial charge in [0.15, 0.2) is 5.13 Å². The van der Waals surface area contributed by atoms with Gasteiger partial charge in [-0.1, -0.05) is 6.07 Å². The van der Waals surface area contributed by atoms with E-state index in [1.807, 2.05) is 24.0 Å². The maximum atomic E-state index is 12.7. The van der Waals surface area contributed by atoms with Crippen LogP contribution in [-0.2, 0) is 20.7 Å². The van der Waals surface area contributed by atoms with Crippen molar-refractivity contribution >= 4 is 34.0 Å². The number of ether oxygens (including phenoxy) is 1. The number of methoxy groups -OCH3 is 1. The Morgan fingerprint density at radius 2 is 1.97 bits per heavy atom. The first kappa shape index (κ1) is 21.0. The number of hydrogen-bond donors (Lipinski definition) is 1. The molecule has 0 saturated heterocycles. The number of hydrogen-bond acceptors (Lipinski definition) is 5. The molecule has 30 heavy (non-hydrogen) atoms. The van der Waals surface area contributed by atoms with Crippen molar-refractivity contribution in [2.45, 2.75) is 65.0 Å². The lowest BCUT2D eigenvalue weighted by atomic mass is 9.87. The van der Waals surface area contributed by atoms with Crippen LogP contribution < -0.4 is 10.2 Å². The number of anilines is 2. The summed E-state index contributed by atoms with van der Waals surface area (Å²) in [5, 5.41) is 3.68. The Hall–Kier alpha value is -2.25. The van der Waals surface area contributed by atoms with Crippen molar-refractivity contribution in [2.24, 2.45) is 5.92 Å². The largest absolute Gasteiger partial charge is 0.381 e. The minimum Gasteiger partial charge on any atom is -0.381 e. The highest BCUT2D eigenvalue weighted by Gasteiger charge is 2.30. The van der Waals surface area contributed by atoms with Crippen LogP contribution in [0.2, 0.25) is 0 Å². The van der Waals surface area contributed by atoms with Gasteiger partial charge in [-0.05, 0) is 63.6 Å². The number of carbonyl (C=O) groups excluding carboxylic acids is 2. The zero-order valence-corrected chi connectivity index (χ0v) is 18.8. The average molecular weight is 428 g/mol. The molecule has 0 bridgehead atoms. The van der Waals surface area contributed by atoms with Crippen LogP contribution in [0.3, 0.4) is 0 Å². The molecule has 7 heteroatoms. The third-order valence-corrected chi connectivity index (χ3v) is 7.20. The van der Waals surface area contributed by atoms with Gasteiger partial charge in [0.25, 0.3) is 0 Å². The van der Waals surface area contributed by atoms with Gasteiger partial charge in [0, 0.05) is 42.1 Å². The van der Waals surface area contributed by atoms with Crippen molar-refractivity contribution in [3.63, 3.8) is 0 Å². The number of nitrogens with one attached hydrogen (secondary N) is 1. The lowest BCUT2D eigenvalue weighted by Crippen LogP contribution is -2.33. The monoisotopic (exact) mass is 427 g/mol. The summed E-state index contributed by atoms with van der Waals surface area (Å²) in [6.45, 7) is 5.72. The van der Waals surface area contributed by atoms with Crippen LogP contribution in [0.5, 0.6) is 0 Å². The molecule has 2 aliphatic rings. The fourth-order valence-corrected chi connectivity index (χ4v) is 5.58. The van der Waals surface area contributed by atoms with E-state index in [1.54, 1.807) is 14.0 Å². The first-order valence-electron chi connectivity index (χ1n) is 10.6. The molecule has 160 valence electrons. The molecule has 6 nitrogen and oxygen atoms in total. The van der Waals surface area contributed by atoms with E-state index in [2.05, 4.69) is 18.3 Å². The molecule has 2 heterocycles. The summed E-state index contributed by atoms with van der Waals surface area (Å²) < 4.78 is 5.40. The number of carbonyl (C=O) groups is 2. The van der Waals surface area contributed by atoms with E-state index in [9.17, 15) is 9.59 Å². The number of thiazole rings is 1. The maximum absolute atomic E-state index is 12.7. The fraction of sp³-hybridized carbons (Fsp3) is 0.522. The Morgan fingerprint density at radius 3 is 2.63 bits per heavy atom. The second-order valence-electron chi connectivity index (χ2n) is 8.41. The molecule has 1 aromatic carbocycles. The van der Waals surface area contributed by atoms with Crippen molar-refractivity contribution < 1.29 is 14.3 Å². The van der Waals surface area contributed by atoms with E-state index in [0.29, 0.717) is 5.13 Å². The minimum atomic E-state index is 0.0307. The lowest BCUT2D eigenvalue weighted by Gasteiger charge is -2.26. The number of nitrogens with zero attached hydrogens (tertiary/aromatic N) is 2. The SMILES string of the molecule is COC1CCC(C(=O)Nc2nc(-c3ccc4c(c3)C[C@@H](C)N4C(C)=O)c(C)s2)CC1. The van der Waals surface area contributed by atoms with Gasteiger partial charge in [0.2, 0.25) is 11.8 Å². The molecule has 0 radical (unpaired) electrons. The molecule has 1 aromatic heterocycles. The molecule has 2 amide bonds. The summed E-state index contributed by atoms with van der Waals surface area (Å²) in [7, 11) is 1.74. The summed E-state index contributed by atoms with van der Waals surface area (Å²) in [6.07, 6.45) is 4.71. The van der Waals surface area contributed by atoms with Crippen molar-refractivity contribution in [1.29, 1.82) is 0 Å². The highest BCUT2D eigenvalue weighted by atomic mass is 32.1. The molecule has 1 aliphatic heterocycles. The topological polar surface area (TPSA) is 71.5 Å². The van der Waals surface area contributed by atoms with Gasteiger partial charge in [0.1, 0.15) is 0 Å². The molecule has 1 fully saturated rings. The molecule has 1 atom stereocenters. The third kappa shape index (κ3) is 4.01. The molecular formula is C23H29N3O3S. The Bertz CT molecular complexity index is 963. The van der Waals surface area contributed by atoms with Crippen LogP contribution in [0, 0.1) is 12.8 Å². The predicted molar refractivity (Wildman–Crippen MR) is 120 cm³/mol. The van der Waals surface area contributed by atoms with Gasteiger partial charge < -0.3 is 15.0 Å². The van der Waals surface area contributed by atoms with Crippen molar-refractivity contribution in [1.82, 2.24) is 4.98 Å². The summed E-state index contributed by atoms with van der Waals surface area (Å²) >= 11 is 1.51. The maximum Gasteiger partial charge on any atom is 0.229 e. The average Bonchev–Trinajstić information content (AvgIpc) is 3.25. The zero-order valence-electron chi connectivity index (χ0n) is 18.0. The van der Waals surface area contributed by atoms with Gasteiger partial charge in [-0.25, -0.2) is 4.98 Å². The quantitative estimate of drug-likeness (QED) is 0.776. The number of aryl methyl sites for hydroxylation is 1. The van der Waals surface area contributed by atoms with Crippen LogP contribution in [0.15, 0.2) is 18.2 Å². The molecule has 0 spiro atoms. The van der Waals surface area contributed by atoms with E-state index in [1.165, 1.54) is 16.9 Å². The predicted octanol–water partition coefficient (Wildman–Crippen LogP) is 4.56. The van der Waals surface area contributed by atoms with Gasteiger partial charge in [-0.3, -0.25) is 9.59 Å². The van der Waals surface area contributed by atoms with Gasteiger partial charge in [-0.2, -0.15) is 0 Å². The van der Waals surface area contributed by atoms with Crippen LogP contribution in [0.1, 0.15) is 50.0 Å². The van der Waals surface area contributed by atoms with Crippen LogP contribution in [-0.4, -0.2) is 36.1 Å². The molecule has 0 unspecified atom stereocenters. The van der Waals surface area contributed by atoms with Gasteiger partial charge in [0.05, 0.1) is 11.8 Å². The van der Waals surface area contributed by atoms with E-state index in [0.717, 1.165) is 53.9 Å². The smallest absolute Gasteiger partial charge is 0.229 e. The second-order valence-corrected chi connectivity index (χ2v) is 9.61. The molecule has 1 saturated carbocycles. The number of amides is 2. The van der Waals surface area contributed by atoms with Gasteiger partial charge >= 0.3 is 0 Å². The minimum absolute atomic E-state index is 0.0307. The van der Waals surface area contributed by atoms with Crippen LogP contribution in [0.4, 0.5) is 10.8 Å². The highest BCUT2D eigenvalue weighted by Crippen LogP contribution is 2.38. The third-order valence-electron chi connectivity index (χ3n) is 6.31. The molecular weight excluding hydrogens is 398 g/mol. The Labute approximate surface area is 181 Å². The molecule has 4 rings (SSSR count). The number of aromatic nitrogens is 1. The summed E-state index contributed by atoms with van der Waals surface area (Å²) in [5.41, 5.74) is 4.09. The highest BCUT2D eigenvalue weighted by molar-refractivity contribution is 7.16. The molecule has 2 aromatic rings. The van der Waals surface area contributed by atoms with E-state index in [-0.39, 0.29) is 29.9 Å². The number of fused-ring (bicyclic) bond motifs is 1. The Morgan fingerprint density at radius 1 is 1.23 bits per heavy atom. The number of rotatable bonds is 4. The van der Waals surface area contributed by atoms with E-state index in [4.69, 9.17) is 9.72 Å². The molecule has 1 N–H and O–H groups in total. The summed E-state index contributed by atoms with van der Waals surface area (Å²) in [6, 6.07) is 6.34. The summed E-state index contributed by atoms with van der Waals surface area (Å²) in [5.74, 6) is 0.163. The Balaban J connectivity index is 1.49. The zero-order chi connectivity index (χ0) is 21.4. The first-order chi connectivity index (χ1) is 14.4. The standard InChI is InChI=1S/C23H29N3O3S/c1-13-11-18-12-17(7-10-20(18)26(13)15(3)27)21-14(2)30-23(24-21)25-22(28)16-5-8-19(29-4)9-6-16/h7,10,12-13,16,19H,5-6,8-9,11H2,1-4H3,(H,24,25,28)/t13-,16?,19?/m1/s1. The first-order valence-corrected chi connectivity index (χ1v) is 11.4. The van der Waals surface area contributed by atoms with Crippen molar-refractivity contribution in [3.05, 3.63) is 28.6 Å². The Kier molecular flexibility index (Phi) is 5.93.